The molecule has 0 saturated carbocycles. The Morgan fingerprint density at radius 2 is 1.79 bits per heavy atom. The molecule has 1 aliphatic heterocycles. The second-order valence-corrected chi connectivity index (χ2v) is 7.41. The first-order chi connectivity index (χ1) is 13.9. The van der Waals surface area contributed by atoms with Gasteiger partial charge < -0.3 is 10.6 Å². The highest BCUT2D eigenvalue weighted by Crippen LogP contribution is 2.34. The van der Waals surface area contributed by atoms with Gasteiger partial charge >= 0.3 is 6.18 Å². The van der Waals surface area contributed by atoms with Gasteiger partial charge in [0, 0.05) is 37.0 Å². The zero-order chi connectivity index (χ0) is 20.4. The Kier molecular flexibility index (Phi) is 5.32. The summed E-state index contributed by atoms with van der Waals surface area (Å²) in [5.74, 6) is 1.83. The number of benzene rings is 1. The van der Waals surface area contributed by atoms with E-state index in [2.05, 4.69) is 20.6 Å². The van der Waals surface area contributed by atoms with Crippen molar-refractivity contribution < 1.29 is 13.2 Å². The highest BCUT2D eigenvalue weighted by molar-refractivity contribution is 6.30. The lowest BCUT2D eigenvalue weighted by molar-refractivity contribution is -0.137. The Morgan fingerprint density at radius 1 is 1.03 bits per heavy atom. The predicted octanol–water partition coefficient (Wildman–Crippen LogP) is 5.51. The van der Waals surface area contributed by atoms with Crippen LogP contribution < -0.4 is 10.6 Å². The van der Waals surface area contributed by atoms with Crippen LogP contribution in [0.2, 0.25) is 5.02 Å². The molecule has 4 nitrogen and oxygen atoms in total. The molecule has 1 unspecified atom stereocenters. The van der Waals surface area contributed by atoms with Gasteiger partial charge in [-0.15, -0.1) is 0 Å². The van der Waals surface area contributed by atoms with Crippen LogP contribution in [0, 0.1) is 0 Å². The number of rotatable bonds is 5. The van der Waals surface area contributed by atoms with Crippen molar-refractivity contribution in [3.63, 3.8) is 0 Å². The molecule has 0 bridgehead atoms. The SMILES string of the molecule is FC(F)(F)c1ccc(CNc2ccc(CC3CNc4ncc(Cl)cc43)cn2)cc1. The molecule has 2 aromatic heterocycles. The molecule has 8 heteroatoms. The normalized spacial score (nSPS) is 15.7. The van der Waals surface area contributed by atoms with Gasteiger partial charge in [-0.3, -0.25) is 0 Å². The van der Waals surface area contributed by atoms with Crippen LogP contribution in [0.25, 0.3) is 0 Å². The van der Waals surface area contributed by atoms with E-state index in [0.29, 0.717) is 17.4 Å². The third kappa shape index (κ3) is 4.62. The Hall–Kier alpha value is -2.80. The summed E-state index contributed by atoms with van der Waals surface area (Å²) in [6.45, 7) is 1.20. The summed E-state index contributed by atoms with van der Waals surface area (Å²) in [6, 6.07) is 10.9. The maximum Gasteiger partial charge on any atom is 0.416 e. The summed E-state index contributed by atoms with van der Waals surface area (Å²) in [5, 5.41) is 7.04. The lowest BCUT2D eigenvalue weighted by Crippen LogP contribution is -2.07. The van der Waals surface area contributed by atoms with E-state index in [9.17, 15) is 13.2 Å². The highest BCUT2D eigenvalue weighted by atomic mass is 35.5. The largest absolute Gasteiger partial charge is 0.416 e. The number of nitrogens with one attached hydrogen (secondary N) is 2. The second-order valence-electron chi connectivity index (χ2n) is 6.97. The van der Waals surface area contributed by atoms with Crippen molar-refractivity contribution in [2.24, 2.45) is 0 Å². The average Bonchev–Trinajstić information content (AvgIpc) is 3.09. The van der Waals surface area contributed by atoms with Gasteiger partial charge in [-0.25, -0.2) is 9.97 Å². The molecule has 3 heterocycles. The van der Waals surface area contributed by atoms with Crippen LogP contribution in [0.5, 0.6) is 0 Å². The van der Waals surface area contributed by atoms with Crippen molar-refractivity contribution in [1.82, 2.24) is 9.97 Å². The van der Waals surface area contributed by atoms with Crippen LogP contribution >= 0.6 is 11.6 Å². The van der Waals surface area contributed by atoms with E-state index in [1.54, 1.807) is 6.20 Å². The monoisotopic (exact) mass is 418 g/mol. The lowest BCUT2D eigenvalue weighted by Gasteiger charge is -2.11. The number of hydrogen-bond acceptors (Lipinski definition) is 4. The van der Waals surface area contributed by atoms with Crippen molar-refractivity contribution in [2.75, 3.05) is 17.2 Å². The van der Waals surface area contributed by atoms with Crippen LogP contribution in [-0.4, -0.2) is 16.5 Å². The van der Waals surface area contributed by atoms with E-state index in [1.807, 2.05) is 24.4 Å². The molecule has 1 atom stereocenters. The number of hydrogen-bond donors (Lipinski definition) is 2. The van der Waals surface area contributed by atoms with Gasteiger partial charge in [0.05, 0.1) is 10.6 Å². The van der Waals surface area contributed by atoms with Crippen molar-refractivity contribution in [3.05, 3.63) is 82.1 Å². The molecule has 150 valence electrons. The highest BCUT2D eigenvalue weighted by Gasteiger charge is 2.29. The molecule has 2 N–H and O–H groups in total. The topological polar surface area (TPSA) is 49.8 Å². The number of alkyl halides is 3. The van der Waals surface area contributed by atoms with E-state index >= 15 is 0 Å². The summed E-state index contributed by atoms with van der Waals surface area (Å²) in [6.07, 6.45) is -0.0617. The molecule has 0 fully saturated rings. The first kappa shape index (κ1) is 19.5. The Balaban J connectivity index is 1.35. The molecular weight excluding hydrogens is 401 g/mol. The van der Waals surface area contributed by atoms with Crippen LogP contribution in [-0.2, 0) is 19.1 Å². The number of nitrogens with zero attached hydrogens (tertiary/aromatic N) is 2. The maximum atomic E-state index is 12.6. The summed E-state index contributed by atoms with van der Waals surface area (Å²) >= 11 is 6.06. The molecule has 0 aliphatic carbocycles. The molecular formula is C21H18ClF3N4. The molecule has 1 aliphatic rings. The minimum atomic E-state index is -4.32. The van der Waals surface area contributed by atoms with Crippen molar-refractivity contribution >= 4 is 23.2 Å². The zero-order valence-electron chi connectivity index (χ0n) is 15.3. The standard InChI is InChI=1S/C21H18ClF3N4/c22-17-8-18-15(11-28-20(18)29-12-17)7-14-3-6-19(27-10-14)26-9-13-1-4-16(5-2-13)21(23,24)25/h1-6,8,10,12,15H,7,9,11H2,(H,26,27)(H,28,29). The molecule has 29 heavy (non-hydrogen) atoms. The van der Waals surface area contributed by atoms with Crippen LogP contribution in [0.15, 0.2) is 54.9 Å². The van der Waals surface area contributed by atoms with Gasteiger partial charge in [0.1, 0.15) is 11.6 Å². The smallest absolute Gasteiger partial charge is 0.369 e. The summed E-state index contributed by atoms with van der Waals surface area (Å²) in [7, 11) is 0. The van der Waals surface area contributed by atoms with Gasteiger partial charge in [-0.05, 0) is 41.8 Å². The average molecular weight is 419 g/mol. The lowest BCUT2D eigenvalue weighted by atomic mass is 9.96. The molecule has 0 radical (unpaired) electrons. The van der Waals surface area contributed by atoms with Gasteiger partial charge in [-0.2, -0.15) is 13.2 Å². The number of fused-ring (bicyclic) bond motifs is 1. The summed E-state index contributed by atoms with van der Waals surface area (Å²) in [4.78, 5) is 8.72. The van der Waals surface area contributed by atoms with E-state index in [0.717, 1.165) is 47.6 Å². The minimum absolute atomic E-state index is 0.281. The fourth-order valence-electron chi connectivity index (χ4n) is 3.36. The molecule has 0 amide bonds. The second kappa shape index (κ2) is 7.91. The minimum Gasteiger partial charge on any atom is -0.369 e. The number of pyridine rings is 2. The molecule has 4 rings (SSSR count). The molecule has 0 spiro atoms. The van der Waals surface area contributed by atoms with Crippen LogP contribution in [0.3, 0.4) is 0 Å². The quantitative estimate of drug-likeness (QED) is 0.573. The third-order valence-electron chi connectivity index (χ3n) is 4.90. The fourth-order valence-corrected chi connectivity index (χ4v) is 3.53. The van der Waals surface area contributed by atoms with Gasteiger partial charge in [0.15, 0.2) is 0 Å². The van der Waals surface area contributed by atoms with Crippen molar-refractivity contribution in [2.45, 2.75) is 25.1 Å². The molecule has 1 aromatic carbocycles. The Morgan fingerprint density at radius 3 is 2.48 bits per heavy atom. The Labute approximate surface area is 171 Å². The van der Waals surface area contributed by atoms with E-state index in [4.69, 9.17) is 11.6 Å². The van der Waals surface area contributed by atoms with E-state index in [-0.39, 0.29) is 5.92 Å². The van der Waals surface area contributed by atoms with Crippen molar-refractivity contribution in [3.8, 4) is 0 Å². The molecule has 3 aromatic rings. The van der Waals surface area contributed by atoms with Gasteiger partial charge in [-0.1, -0.05) is 29.8 Å². The van der Waals surface area contributed by atoms with Gasteiger partial charge in [0.25, 0.3) is 0 Å². The van der Waals surface area contributed by atoms with Gasteiger partial charge in [0.2, 0.25) is 0 Å². The number of anilines is 2. The Bertz CT molecular complexity index is 988. The predicted molar refractivity (Wildman–Crippen MR) is 107 cm³/mol. The van der Waals surface area contributed by atoms with E-state index in [1.165, 1.54) is 12.1 Å². The molecule has 0 saturated heterocycles. The number of halogens is 4. The zero-order valence-corrected chi connectivity index (χ0v) is 16.1. The fraction of sp³-hybridized carbons (Fsp3) is 0.238. The first-order valence-electron chi connectivity index (χ1n) is 9.13. The summed E-state index contributed by atoms with van der Waals surface area (Å²) in [5.41, 5.74) is 2.30. The first-order valence-corrected chi connectivity index (χ1v) is 9.50. The van der Waals surface area contributed by atoms with Crippen LogP contribution in [0.4, 0.5) is 24.8 Å². The maximum absolute atomic E-state index is 12.6. The number of aromatic nitrogens is 2. The summed E-state index contributed by atoms with van der Waals surface area (Å²) < 4.78 is 37.8. The van der Waals surface area contributed by atoms with Crippen LogP contribution in [0.1, 0.15) is 28.2 Å². The van der Waals surface area contributed by atoms with E-state index < -0.39 is 11.7 Å². The van der Waals surface area contributed by atoms with Crippen molar-refractivity contribution in [1.29, 1.82) is 0 Å². The third-order valence-corrected chi connectivity index (χ3v) is 5.11.